The van der Waals surface area contributed by atoms with E-state index in [0.29, 0.717) is 22.5 Å². The Morgan fingerprint density at radius 1 is 1.08 bits per heavy atom. The Morgan fingerprint density at radius 2 is 1.68 bits per heavy atom. The molecule has 1 aromatic heterocycles. The molecule has 0 unspecified atom stereocenters. The normalized spacial score (nSPS) is 11.7. The fraction of sp³-hybridized carbons (Fsp3) is 0.316. The van der Waals surface area contributed by atoms with Crippen LogP contribution in [0, 0.1) is 20.8 Å². The molecule has 0 aliphatic heterocycles. The van der Waals surface area contributed by atoms with Crippen molar-refractivity contribution in [1.29, 1.82) is 0 Å². The first-order valence-electron chi connectivity index (χ1n) is 7.99. The van der Waals surface area contributed by atoms with Crippen LogP contribution in [-0.2, 0) is 9.53 Å². The Balaban J connectivity index is 2.07. The number of esters is 1. The first-order chi connectivity index (χ1) is 11.7. The Hall–Kier alpha value is -2.89. The lowest BCUT2D eigenvalue weighted by Gasteiger charge is -2.13. The summed E-state index contributed by atoms with van der Waals surface area (Å²) in [6, 6.07) is 7.31. The van der Waals surface area contributed by atoms with Gasteiger partial charge in [-0.1, -0.05) is 17.7 Å². The van der Waals surface area contributed by atoms with E-state index in [1.165, 1.54) is 13.8 Å². The average molecular weight is 342 g/mol. The van der Waals surface area contributed by atoms with Crippen LogP contribution < -0.4 is 5.32 Å². The standard InChI is InChI=1S/C19H22N2O4/c1-10-6-8-15(9-7-10)21-18(23)14(5)25-19(24)17-11(2)16(13(4)22)12(3)20-17/h6-9,14,20H,1-5H3,(H,21,23)/t14-/m1/s1. The lowest BCUT2D eigenvalue weighted by molar-refractivity contribution is -0.123. The van der Waals surface area contributed by atoms with Gasteiger partial charge in [0.2, 0.25) is 0 Å². The SMILES string of the molecule is CC(=O)c1c(C)[nH]c(C(=O)O[C@H](C)C(=O)Nc2ccc(C)cc2)c1C. The Morgan fingerprint density at radius 3 is 2.20 bits per heavy atom. The maximum atomic E-state index is 12.3. The van der Waals surface area contributed by atoms with Gasteiger partial charge in [0.25, 0.3) is 5.91 Å². The van der Waals surface area contributed by atoms with Crippen LogP contribution >= 0.6 is 0 Å². The molecule has 1 amide bonds. The Kier molecular flexibility index (Phi) is 5.41. The summed E-state index contributed by atoms with van der Waals surface area (Å²) in [6.45, 7) is 8.28. The number of H-pyrrole nitrogens is 1. The van der Waals surface area contributed by atoms with Gasteiger partial charge in [-0.3, -0.25) is 9.59 Å². The van der Waals surface area contributed by atoms with Crippen molar-refractivity contribution in [2.24, 2.45) is 0 Å². The number of rotatable bonds is 5. The number of carbonyl (C=O) groups excluding carboxylic acids is 3. The van der Waals surface area contributed by atoms with Crippen molar-refractivity contribution in [2.45, 2.75) is 40.7 Å². The molecular formula is C19H22N2O4. The highest BCUT2D eigenvalue weighted by Gasteiger charge is 2.24. The maximum absolute atomic E-state index is 12.3. The quantitative estimate of drug-likeness (QED) is 0.644. The zero-order valence-corrected chi connectivity index (χ0v) is 15.0. The molecule has 0 bridgehead atoms. The molecule has 132 valence electrons. The molecule has 6 nitrogen and oxygen atoms in total. The molecule has 6 heteroatoms. The van der Waals surface area contributed by atoms with Gasteiger partial charge < -0.3 is 15.0 Å². The van der Waals surface area contributed by atoms with Crippen LogP contribution in [0.25, 0.3) is 0 Å². The number of amides is 1. The topological polar surface area (TPSA) is 88.3 Å². The minimum atomic E-state index is -0.974. The molecule has 0 aliphatic rings. The number of hydrogen-bond donors (Lipinski definition) is 2. The Bertz CT molecular complexity index is 819. The second kappa shape index (κ2) is 7.34. The fourth-order valence-corrected chi connectivity index (χ4v) is 2.64. The molecule has 2 N–H and O–H groups in total. The summed E-state index contributed by atoms with van der Waals surface area (Å²) in [5.74, 6) is -1.22. The summed E-state index contributed by atoms with van der Waals surface area (Å²) in [6.07, 6.45) is -0.974. The summed E-state index contributed by atoms with van der Waals surface area (Å²) < 4.78 is 5.23. The van der Waals surface area contributed by atoms with Crippen LogP contribution in [0.3, 0.4) is 0 Å². The van der Waals surface area contributed by atoms with Gasteiger partial charge in [-0.15, -0.1) is 0 Å². The van der Waals surface area contributed by atoms with E-state index in [9.17, 15) is 14.4 Å². The molecule has 0 saturated carbocycles. The van der Waals surface area contributed by atoms with Crippen molar-refractivity contribution >= 4 is 23.3 Å². The monoisotopic (exact) mass is 342 g/mol. The Labute approximate surface area is 146 Å². The first kappa shape index (κ1) is 18.4. The number of aryl methyl sites for hydroxylation is 2. The van der Waals surface area contributed by atoms with Crippen molar-refractivity contribution in [3.63, 3.8) is 0 Å². The molecule has 2 aromatic rings. The van der Waals surface area contributed by atoms with Gasteiger partial charge in [-0.05, 0) is 52.3 Å². The molecule has 2 rings (SSSR count). The van der Waals surface area contributed by atoms with Crippen molar-refractivity contribution in [3.05, 3.63) is 52.3 Å². The smallest absolute Gasteiger partial charge is 0.355 e. The molecule has 0 aliphatic carbocycles. The number of Topliss-reactive ketones (excluding diaryl/α,β-unsaturated/α-hetero) is 1. The summed E-state index contributed by atoms with van der Waals surface area (Å²) in [5, 5.41) is 2.69. The van der Waals surface area contributed by atoms with Crippen LogP contribution in [-0.4, -0.2) is 28.7 Å². The van der Waals surface area contributed by atoms with E-state index in [1.54, 1.807) is 26.0 Å². The third-order valence-corrected chi connectivity index (χ3v) is 3.97. The summed E-state index contributed by atoms with van der Waals surface area (Å²) >= 11 is 0. The average Bonchev–Trinajstić information content (AvgIpc) is 2.84. The van der Waals surface area contributed by atoms with E-state index in [0.717, 1.165) is 5.56 Å². The summed E-state index contributed by atoms with van der Waals surface area (Å²) in [5.41, 5.74) is 3.51. The van der Waals surface area contributed by atoms with E-state index >= 15 is 0 Å². The largest absolute Gasteiger partial charge is 0.448 e. The molecule has 1 aromatic carbocycles. The minimum absolute atomic E-state index is 0.129. The highest BCUT2D eigenvalue weighted by molar-refractivity contribution is 6.02. The molecule has 0 spiro atoms. The number of anilines is 1. The number of nitrogens with one attached hydrogen (secondary N) is 2. The summed E-state index contributed by atoms with van der Waals surface area (Å²) in [7, 11) is 0. The van der Waals surface area contributed by atoms with Crippen LogP contribution in [0.5, 0.6) is 0 Å². The fourth-order valence-electron chi connectivity index (χ4n) is 2.64. The van der Waals surface area contributed by atoms with Gasteiger partial charge in [0.1, 0.15) is 5.69 Å². The van der Waals surface area contributed by atoms with Crippen molar-refractivity contribution in [2.75, 3.05) is 5.32 Å². The van der Waals surface area contributed by atoms with E-state index in [4.69, 9.17) is 4.74 Å². The molecule has 0 fully saturated rings. The van der Waals surface area contributed by atoms with Crippen LogP contribution in [0.15, 0.2) is 24.3 Å². The van der Waals surface area contributed by atoms with E-state index in [1.807, 2.05) is 19.1 Å². The van der Waals surface area contributed by atoms with E-state index in [-0.39, 0.29) is 11.5 Å². The first-order valence-corrected chi connectivity index (χ1v) is 7.99. The molecule has 1 atom stereocenters. The third kappa shape index (κ3) is 4.15. The summed E-state index contributed by atoms with van der Waals surface area (Å²) in [4.78, 5) is 39.0. The molecule has 0 saturated heterocycles. The number of ketones is 1. The van der Waals surface area contributed by atoms with E-state index in [2.05, 4.69) is 10.3 Å². The second-order valence-electron chi connectivity index (χ2n) is 6.08. The lowest BCUT2D eigenvalue weighted by Crippen LogP contribution is -2.30. The van der Waals surface area contributed by atoms with Crippen molar-refractivity contribution < 1.29 is 19.1 Å². The zero-order chi connectivity index (χ0) is 18.7. The molecule has 1 heterocycles. The van der Waals surface area contributed by atoms with E-state index < -0.39 is 18.0 Å². The molecule has 25 heavy (non-hydrogen) atoms. The van der Waals surface area contributed by atoms with Crippen molar-refractivity contribution in [3.8, 4) is 0 Å². The van der Waals surface area contributed by atoms with Gasteiger partial charge in [0.15, 0.2) is 11.9 Å². The van der Waals surface area contributed by atoms with Gasteiger partial charge in [0.05, 0.1) is 0 Å². The highest BCUT2D eigenvalue weighted by Crippen LogP contribution is 2.20. The zero-order valence-electron chi connectivity index (χ0n) is 15.0. The second-order valence-corrected chi connectivity index (χ2v) is 6.08. The lowest BCUT2D eigenvalue weighted by atomic mass is 10.1. The number of aromatic nitrogens is 1. The van der Waals surface area contributed by atoms with Gasteiger partial charge in [-0.25, -0.2) is 4.79 Å². The maximum Gasteiger partial charge on any atom is 0.355 e. The van der Waals surface area contributed by atoms with Crippen molar-refractivity contribution in [1.82, 2.24) is 4.98 Å². The number of aromatic amines is 1. The molecule has 0 radical (unpaired) electrons. The van der Waals surface area contributed by atoms with Gasteiger partial charge in [-0.2, -0.15) is 0 Å². The van der Waals surface area contributed by atoms with Crippen LogP contribution in [0.1, 0.15) is 51.5 Å². The van der Waals surface area contributed by atoms with Crippen LogP contribution in [0.2, 0.25) is 0 Å². The third-order valence-electron chi connectivity index (χ3n) is 3.97. The van der Waals surface area contributed by atoms with Gasteiger partial charge >= 0.3 is 5.97 Å². The number of hydrogen-bond acceptors (Lipinski definition) is 4. The molecular weight excluding hydrogens is 320 g/mol. The van der Waals surface area contributed by atoms with Crippen LogP contribution in [0.4, 0.5) is 5.69 Å². The predicted molar refractivity (Wildman–Crippen MR) is 95.0 cm³/mol. The number of benzene rings is 1. The predicted octanol–water partition coefficient (Wildman–Crippen LogP) is 3.33. The highest BCUT2D eigenvalue weighted by atomic mass is 16.5. The number of carbonyl (C=O) groups is 3. The van der Waals surface area contributed by atoms with Gasteiger partial charge in [0, 0.05) is 16.9 Å². The minimum Gasteiger partial charge on any atom is -0.448 e. The number of ether oxygens (including phenoxy) is 1.